The third kappa shape index (κ3) is 4.34. The van der Waals surface area contributed by atoms with Gasteiger partial charge in [0.25, 0.3) is 0 Å². The summed E-state index contributed by atoms with van der Waals surface area (Å²) in [6.45, 7) is 11.5. The van der Waals surface area contributed by atoms with E-state index < -0.39 is 11.7 Å². The van der Waals surface area contributed by atoms with Crippen LogP contribution >= 0.6 is 0 Å². The molecule has 1 aliphatic carbocycles. The smallest absolute Gasteiger partial charge is 0.334 e. The van der Waals surface area contributed by atoms with E-state index in [0.717, 1.165) is 25.7 Å². The molecular formula is C22H30O5. The van der Waals surface area contributed by atoms with Crippen molar-refractivity contribution >= 4 is 11.9 Å². The van der Waals surface area contributed by atoms with Crippen LogP contribution in [0.25, 0.3) is 0 Å². The molecule has 2 heterocycles. The molecule has 3 aliphatic rings. The average Bonchev–Trinajstić information content (AvgIpc) is 3.18. The van der Waals surface area contributed by atoms with E-state index in [1.54, 1.807) is 0 Å². The van der Waals surface area contributed by atoms with E-state index in [-0.39, 0.29) is 30.1 Å². The Kier molecular flexibility index (Phi) is 5.61. The van der Waals surface area contributed by atoms with E-state index in [1.165, 1.54) is 18.1 Å². The summed E-state index contributed by atoms with van der Waals surface area (Å²) < 4.78 is 17.2. The summed E-state index contributed by atoms with van der Waals surface area (Å²) in [5.41, 5.74) is 2.46. The molecule has 0 spiro atoms. The summed E-state index contributed by atoms with van der Waals surface area (Å²) in [6, 6.07) is 0. The molecule has 0 radical (unpaired) electrons. The minimum Gasteiger partial charge on any atom is -0.459 e. The van der Waals surface area contributed by atoms with E-state index >= 15 is 0 Å². The highest BCUT2D eigenvalue weighted by molar-refractivity contribution is 5.91. The Labute approximate surface area is 161 Å². The molecular weight excluding hydrogens is 344 g/mol. The quantitative estimate of drug-likeness (QED) is 0.300. The van der Waals surface area contributed by atoms with Crippen LogP contribution in [0.15, 0.2) is 35.5 Å². The standard InChI is InChI=1S/C22H30O5/c1-13-7-6-8-14(2)11-18-17(15(3)21(24)26-18)12-20(25-16(4)23)22(5)19(27-22)10-9-13/h7,11,17-20H,3,6,8-10,12H2,1-2,4-5H3/t17-,18-,19-,20+,22+/m0/s1. The van der Waals surface area contributed by atoms with E-state index in [2.05, 4.69) is 26.5 Å². The van der Waals surface area contributed by atoms with Crippen LogP contribution in [0.4, 0.5) is 0 Å². The second-order valence-electron chi connectivity index (χ2n) is 8.27. The number of carbonyl (C=O) groups excluding carboxylic acids is 2. The van der Waals surface area contributed by atoms with E-state index in [9.17, 15) is 9.59 Å². The number of rotatable bonds is 1. The molecule has 148 valence electrons. The van der Waals surface area contributed by atoms with Gasteiger partial charge in [0, 0.05) is 18.4 Å². The molecule has 2 fully saturated rings. The van der Waals surface area contributed by atoms with Crippen LogP contribution in [-0.2, 0) is 23.8 Å². The van der Waals surface area contributed by atoms with E-state index in [4.69, 9.17) is 14.2 Å². The normalized spacial score (nSPS) is 37.2. The molecule has 27 heavy (non-hydrogen) atoms. The molecule has 5 atom stereocenters. The molecule has 5 heteroatoms. The van der Waals surface area contributed by atoms with Gasteiger partial charge in [-0.15, -0.1) is 0 Å². The molecule has 2 saturated heterocycles. The Morgan fingerprint density at radius 3 is 2.74 bits per heavy atom. The largest absolute Gasteiger partial charge is 0.459 e. The summed E-state index contributed by atoms with van der Waals surface area (Å²) in [7, 11) is 0. The minimum absolute atomic E-state index is 0.0511. The fourth-order valence-corrected chi connectivity index (χ4v) is 4.16. The van der Waals surface area contributed by atoms with E-state index in [0.29, 0.717) is 12.0 Å². The van der Waals surface area contributed by atoms with Crippen LogP contribution in [0.2, 0.25) is 0 Å². The molecule has 0 N–H and O–H groups in total. The van der Waals surface area contributed by atoms with Crippen molar-refractivity contribution in [3.8, 4) is 0 Å². The summed E-state index contributed by atoms with van der Waals surface area (Å²) >= 11 is 0. The first kappa shape index (κ1) is 19.9. The fourth-order valence-electron chi connectivity index (χ4n) is 4.16. The maximum absolute atomic E-state index is 12.1. The summed E-state index contributed by atoms with van der Waals surface area (Å²) in [5, 5.41) is 0. The Balaban J connectivity index is 1.91. The molecule has 0 aromatic rings. The monoisotopic (exact) mass is 374 g/mol. The van der Waals surface area contributed by atoms with Gasteiger partial charge in [-0.1, -0.05) is 23.8 Å². The van der Waals surface area contributed by atoms with Gasteiger partial charge in [0.15, 0.2) is 0 Å². The van der Waals surface area contributed by atoms with Crippen molar-refractivity contribution in [1.29, 1.82) is 0 Å². The lowest BCUT2D eigenvalue weighted by atomic mass is 9.84. The topological polar surface area (TPSA) is 65.1 Å². The SMILES string of the molecule is C=C1C(=O)O[C@H]2C=C(C)CCC=C(C)CC[C@@H]3O[C@@]3(C)[C@H](OC(C)=O)C[C@@H]12. The second kappa shape index (κ2) is 7.63. The van der Waals surface area contributed by atoms with Gasteiger partial charge in [0.2, 0.25) is 0 Å². The lowest BCUT2D eigenvalue weighted by Gasteiger charge is -2.26. The lowest BCUT2D eigenvalue weighted by Crippen LogP contribution is -2.37. The first-order valence-corrected chi connectivity index (χ1v) is 9.78. The number of hydrogen-bond donors (Lipinski definition) is 0. The number of fused-ring (bicyclic) bond motifs is 2. The first-order valence-electron chi connectivity index (χ1n) is 9.78. The fraction of sp³-hybridized carbons (Fsp3) is 0.636. The molecule has 0 amide bonds. The zero-order valence-electron chi connectivity index (χ0n) is 16.7. The number of epoxide rings is 1. The molecule has 0 aromatic carbocycles. The molecule has 0 aromatic heterocycles. The van der Waals surface area contributed by atoms with Gasteiger partial charge < -0.3 is 14.2 Å². The van der Waals surface area contributed by atoms with Crippen LogP contribution in [0.5, 0.6) is 0 Å². The molecule has 0 saturated carbocycles. The van der Waals surface area contributed by atoms with Gasteiger partial charge in [0.05, 0.1) is 6.10 Å². The van der Waals surface area contributed by atoms with Crippen molar-refractivity contribution in [2.45, 2.75) is 83.7 Å². The van der Waals surface area contributed by atoms with E-state index in [1.807, 2.05) is 13.0 Å². The predicted molar refractivity (Wildman–Crippen MR) is 102 cm³/mol. The van der Waals surface area contributed by atoms with Gasteiger partial charge in [0.1, 0.15) is 17.8 Å². The number of esters is 2. The van der Waals surface area contributed by atoms with Gasteiger partial charge in [-0.25, -0.2) is 4.79 Å². The zero-order valence-corrected chi connectivity index (χ0v) is 16.7. The summed E-state index contributed by atoms with van der Waals surface area (Å²) in [4.78, 5) is 23.8. The van der Waals surface area contributed by atoms with Gasteiger partial charge in [-0.2, -0.15) is 0 Å². The minimum atomic E-state index is -0.523. The van der Waals surface area contributed by atoms with Crippen molar-refractivity contribution in [3.63, 3.8) is 0 Å². The Morgan fingerprint density at radius 1 is 1.30 bits per heavy atom. The van der Waals surface area contributed by atoms with Crippen LogP contribution in [-0.4, -0.2) is 35.9 Å². The number of allylic oxidation sites excluding steroid dienone is 3. The van der Waals surface area contributed by atoms with Crippen molar-refractivity contribution < 1.29 is 23.8 Å². The molecule has 3 rings (SSSR count). The van der Waals surface area contributed by atoms with Gasteiger partial charge in [-0.3, -0.25) is 4.79 Å². The number of ether oxygens (including phenoxy) is 3. The maximum Gasteiger partial charge on any atom is 0.334 e. The number of hydrogen-bond acceptors (Lipinski definition) is 5. The van der Waals surface area contributed by atoms with Crippen LogP contribution in [0, 0.1) is 5.92 Å². The van der Waals surface area contributed by atoms with Crippen LogP contribution < -0.4 is 0 Å². The third-order valence-corrected chi connectivity index (χ3v) is 6.02. The van der Waals surface area contributed by atoms with Crippen molar-refractivity contribution in [3.05, 3.63) is 35.5 Å². The average molecular weight is 374 g/mol. The maximum atomic E-state index is 12.1. The summed E-state index contributed by atoms with van der Waals surface area (Å²) in [5.74, 6) is -0.917. The third-order valence-electron chi connectivity index (χ3n) is 6.02. The highest BCUT2D eigenvalue weighted by Gasteiger charge is 2.60. The van der Waals surface area contributed by atoms with Crippen LogP contribution in [0.1, 0.15) is 59.8 Å². The van der Waals surface area contributed by atoms with Crippen molar-refractivity contribution in [1.82, 2.24) is 0 Å². The van der Waals surface area contributed by atoms with Crippen LogP contribution in [0.3, 0.4) is 0 Å². The highest BCUT2D eigenvalue weighted by atomic mass is 16.6. The zero-order chi connectivity index (χ0) is 19.8. The molecule has 5 nitrogen and oxygen atoms in total. The Hall–Kier alpha value is -1.88. The summed E-state index contributed by atoms with van der Waals surface area (Å²) in [6.07, 6.45) is 7.78. The van der Waals surface area contributed by atoms with Crippen molar-refractivity contribution in [2.75, 3.05) is 0 Å². The van der Waals surface area contributed by atoms with Gasteiger partial charge >= 0.3 is 11.9 Å². The van der Waals surface area contributed by atoms with Gasteiger partial charge in [-0.05, 0) is 59.0 Å². The molecule has 0 bridgehead atoms. The first-order chi connectivity index (χ1) is 12.7. The predicted octanol–water partition coefficient (Wildman–Crippen LogP) is 4.03. The lowest BCUT2D eigenvalue weighted by molar-refractivity contribution is -0.151. The second-order valence-corrected chi connectivity index (χ2v) is 8.27. The highest BCUT2D eigenvalue weighted by Crippen LogP contribution is 2.47. The Morgan fingerprint density at radius 2 is 2.04 bits per heavy atom. The Bertz CT molecular complexity index is 703. The molecule has 2 aliphatic heterocycles. The number of carbonyl (C=O) groups is 2. The van der Waals surface area contributed by atoms with Crippen molar-refractivity contribution in [2.24, 2.45) is 5.92 Å². The molecule has 0 unspecified atom stereocenters.